The number of hydrogen-bond donors (Lipinski definition) is 1. The van der Waals surface area contributed by atoms with Crippen LogP contribution in [0.2, 0.25) is 0 Å². The van der Waals surface area contributed by atoms with Gasteiger partial charge in [-0.25, -0.2) is 0 Å². The van der Waals surface area contributed by atoms with Crippen LogP contribution in [0.25, 0.3) is 0 Å². The van der Waals surface area contributed by atoms with Gasteiger partial charge in [0.1, 0.15) is 12.1 Å². The number of esters is 1. The lowest BCUT2D eigenvalue weighted by Crippen LogP contribution is -2.51. The lowest BCUT2D eigenvalue weighted by molar-refractivity contribution is -0.154. The minimum atomic E-state index is -0.874. The number of carboxylic acid groups (broad SMARTS) is 1. The van der Waals surface area contributed by atoms with Crippen LogP contribution in [0.3, 0.4) is 0 Å². The fourth-order valence-electron chi connectivity index (χ4n) is 1.85. The molecule has 0 radical (unpaired) electrons. The van der Waals surface area contributed by atoms with E-state index in [1.165, 1.54) is 7.11 Å². The number of rotatable bonds is 2. The molecule has 1 heterocycles. The molecule has 0 unspecified atom stereocenters. The van der Waals surface area contributed by atoms with Gasteiger partial charge in [0, 0.05) is 0 Å². The Hall–Kier alpha value is -1.10. The number of carbonyl (C=O) groups is 2. The molecule has 0 aliphatic carbocycles. The molecule has 1 aliphatic heterocycles. The van der Waals surface area contributed by atoms with Crippen LogP contribution in [0, 0.1) is 0 Å². The van der Waals surface area contributed by atoms with E-state index in [1.54, 1.807) is 11.9 Å². The van der Waals surface area contributed by atoms with Gasteiger partial charge in [0.15, 0.2) is 0 Å². The van der Waals surface area contributed by atoms with Crippen molar-refractivity contribution in [3.8, 4) is 0 Å². The van der Waals surface area contributed by atoms with E-state index in [4.69, 9.17) is 5.11 Å². The zero-order chi connectivity index (χ0) is 10.7. The quantitative estimate of drug-likeness (QED) is 0.642. The summed E-state index contributed by atoms with van der Waals surface area (Å²) in [6, 6.07) is -0.970. The van der Waals surface area contributed by atoms with E-state index < -0.39 is 18.1 Å². The van der Waals surface area contributed by atoms with Crippen LogP contribution < -0.4 is 0 Å². The van der Waals surface area contributed by atoms with E-state index >= 15 is 0 Å². The van der Waals surface area contributed by atoms with Crippen molar-refractivity contribution in [2.75, 3.05) is 14.2 Å². The first kappa shape index (κ1) is 11.0. The first-order valence-corrected chi connectivity index (χ1v) is 4.60. The highest BCUT2D eigenvalue weighted by molar-refractivity contribution is 5.79. The third-order valence-corrected chi connectivity index (χ3v) is 2.70. The number of methoxy groups -OCH3 is 1. The molecule has 1 rings (SSSR count). The number of likely N-dealkylation sites (tertiary alicyclic amines) is 1. The summed E-state index contributed by atoms with van der Waals surface area (Å²) < 4.78 is 4.61. The molecule has 0 spiro atoms. The van der Waals surface area contributed by atoms with E-state index in [0.717, 1.165) is 6.42 Å². The van der Waals surface area contributed by atoms with Crippen molar-refractivity contribution in [2.45, 2.75) is 31.3 Å². The normalized spacial score (nSPS) is 28.4. The van der Waals surface area contributed by atoms with Crippen LogP contribution in [0.15, 0.2) is 0 Å². The van der Waals surface area contributed by atoms with Gasteiger partial charge in [-0.1, -0.05) is 0 Å². The average Bonchev–Trinajstić information content (AvgIpc) is 2.16. The first-order valence-electron chi connectivity index (χ1n) is 4.60. The van der Waals surface area contributed by atoms with E-state index in [-0.39, 0.29) is 5.97 Å². The lowest BCUT2D eigenvalue weighted by atomic mass is 9.96. The molecule has 80 valence electrons. The Labute approximate surface area is 82.6 Å². The standard InChI is InChI=1S/C9H15NO4/c1-10-6(8(11)12)4-3-5-7(10)9(13)14-2/h6-7H,3-5H2,1-2H3,(H,11,12)/t6-,7-/m1/s1. The van der Waals surface area contributed by atoms with Crippen molar-refractivity contribution >= 4 is 11.9 Å². The Morgan fingerprint density at radius 3 is 2.43 bits per heavy atom. The highest BCUT2D eigenvalue weighted by atomic mass is 16.5. The van der Waals surface area contributed by atoms with Crippen LogP contribution in [-0.2, 0) is 14.3 Å². The zero-order valence-corrected chi connectivity index (χ0v) is 8.40. The highest BCUT2D eigenvalue weighted by Gasteiger charge is 2.36. The molecule has 5 nitrogen and oxygen atoms in total. The summed E-state index contributed by atoms with van der Waals surface area (Å²) in [5.41, 5.74) is 0. The van der Waals surface area contributed by atoms with Crippen LogP contribution in [0.5, 0.6) is 0 Å². The van der Waals surface area contributed by atoms with Crippen LogP contribution >= 0.6 is 0 Å². The Kier molecular flexibility index (Phi) is 3.46. The zero-order valence-electron chi connectivity index (χ0n) is 8.40. The number of carboxylic acids is 1. The molecular formula is C9H15NO4. The second-order valence-electron chi connectivity index (χ2n) is 3.49. The van der Waals surface area contributed by atoms with Gasteiger partial charge in [-0.3, -0.25) is 14.5 Å². The lowest BCUT2D eigenvalue weighted by Gasteiger charge is -2.35. The minimum absolute atomic E-state index is 0.349. The summed E-state index contributed by atoms with van der Waals surface area (Å²) in [6.07, 6.45) is 2.02. The van der Waals surface area contributed by atoms with Crippen molar-refractivity contribution in [1.29, 1.82) is 0 Å². The van der Waals surface area contributed by atoms with Gasteiger partial charge >= 0.3 is 11.9 Å². The third-order valence-electron chi connectivity index (χ3n) is 2.70. The van der Waals surface area contributed by atoms with E-state index in [1.807, 2.05) is 0 Å². The fourth-order valence-corrected chi connectivity index (χ4v) is 1.85. The number of piperidine rings is 1. The summed E-state index contributed by atoms with van der Waals surface area (Å²) in [5, 5.41) is 8.89. The van der Waals surface area contributed by atoms with Gasteiger partial charge in [-0.05, 0) is 26.3 Å². The summed E-state index contributed by atoms with van der Waals surface area (Å²) in [7, 11) is 2.97. The van der Waals surface area contributed by atoms with Gasteiger partial charge in [0.2, 0.25) is 0 Å². The number of nitrogens with zero attached hydrogens (tertiary/aromatic N) is 1. The molecule has 1 fully saturated rings. The molecule has 0 saturated carbocycles. The third kappa shape index (κ3) is 2.04. The monoisotopic (exact) mass is 201 g/mol. The maximum absolute atomic E-state index is 11.3. The number of hydrogen-bond acceptors (Lipinski definition) is 4. The Morgan fingerprint density at radius 2 is 1.93 bits per heavy atom. The van der Waals surface area contributed by atoms with Crippen LogP contribution in [0.1, 0.15) is 19.3 Å². The molecule has 5 heteroatoms. The predicted molar refractivity (Wildman–Crippen MR) is 48.8 cm³/mol. The van der Waals surface area contributed by atoms with Crippen molar-refractivity contribution in [2.24, 2.45) is 0 Å². The predicted octanol–water partition coefficient (Wildman–Crippen LogP) is 0.0969. The second-order valence-corrected chi connectivity index (χ2v) is 3.49. The maximum atomic E-state index is 11.3. The molecular weight excluding hydrogens is 186 g/mol. The van der Waals surface area contributed by atoms with Crippen molar-refractivity contribution in [3.63, 3.8) is 0 Å². The van der Waals surface area contributed by atoms with Crippen LogP contribution in [0.4, 0.5) is 0 Å². The highest BCUT2D eigenvalue weighted by Crippen LogP contribution is 2.22. The minimum Gasteiger partial charge on any atom is -0.480 e. The molecule has 1 N–H and O–H groups in total. The molecule has 0 bridgehead atoms. The molecule has 0 aromatic rings. The number of carbonyl (C=O) groups excluding carboxylic acids is 1. The van der Waals surface area contributed by atoms with E-state index in [0.29, 0.717) is 12.8 Å². The van der Waals surface area contributed by atoms with Crippen molar-refractivity contribution < 1.29 is 19.4 Å². The summed E-state index contributed by atoms with van der Waals surface area (Å²) >= 11 is 0. The molecule has 1 saturated heterocycles. The SMILES string of the molecule is COC(=O)[C@H]1CCC[C@H](C(=O)O)N1C. The summed E-state index contributed by atoms with van der Waals surface area (Å²) in [4.78, 5) is 23.7. The molecule has 1 aliphatic rings. The van der Waals surface area contributed by atoms with Crippen molar-refractivity contribution in [1.82, 2.24) is 4.90 Å². The van der Waals surface area contributed by atoms with Crippen LogP contribution in [-0.4, -0.2) is 48.2 Å². The van der Waals surface area contributed by atoms with Gasteiger partial charge in [-0.2, -0.15) is 0 Å². The van der Waals surface area contributed by atoms with Crippen molar-refractivity contribution in [3.05, 3.63) is 0 Å². The second kappa shape index (κ2) is 4.41. The molecule has 0 aromatic carbocycles. The smallest absolute Gasteiger partial charge is 0.323 e. The van der Waals surface area contributed by atoms with Gasteiger partial charge < -0.3 is 9.84 Å². The number of likely N-dealkylation sites (N-methyl/N-ethyl adjacent to an activating group) is 1. The van der Waals surface area contributed by atoms with Gasteiger partial charge in [0.25, 0.3) is 0 Å². The molecule has 14 heavy (non-hydrogen) atoms. The maximum Gasteiger partial charge on any atom is 0.323 e. The Morgan fingerprint density at radius 1 is 1.36 bits per heavy atom. The average molecular weight is 201 g/mol. The van der Waals surface area contributed by atoms with E-state index in [2.05, 4.69) is 4.74 Å². The fraction of sp³-hybridized carbons (Fsp3) is 0.778. The summed E-state index contributed by atoms with van der Waals surface area (Å²) in [5.74, 6) is -1.22. The Bertz CT molecular complexity index is 241. The molecule has 0 aromatic heterocycles. The molecule has 2 atom stereocenters. The number of aliphatic carboxylic acids is 1. The van der Waals surface area contributed by atoms with E-state index in [9.17, 15) is 9.59 Å². The largest absolute Gasteiger partial charge is 0.480 e. The van der Waals surface area contributed by atoms with Gasteiger partial charge in [0.05, 0.1) is 7.11 Å². The first-order chi connectivity index (χ1) is 6.57. The number of ether oxygens (including phenoxy) is 1. The van der Waals surface area contributed by atoms with Gasteiger partial charge in [-0.15, -0.1) is 0 Å². The summed E-state index contributed by atoms with van der Waals surface area (Å²) in [6.45, 7) is 0. The Balaban J connectivity index is 2.70. The topological polar surface area (TPSA) is 66.8 Å². The molecule has 0 amide bonds.